The number of benzene rings is 3. The molecule has 1 amide bonds. The van der Waals surface area contributed by atoms with E-state index in [-0.39, 0.29) is 5.91 Å². The summed E-state index contributed by atoms with van der Waals surface area (Å²) >= 11 is 6.11. The van der Waals surface area contributed by atoms with Gasteiger partial charge in [-0.2, -0.15) is 5.10 Å². The predicted molar refractivity (Wildman–Crippen MR) is 124 cm³/mol. The van der Waals surface area contributed by atoms with E-state index in [0.717, 1.165) is 12.2 Å². The summed E-state index contributed by atoms with van der Waals surface area (Å²) in [5, 5.41) is 4.59. The van der Waals surface area contributed by atoms with E-state index in [1.54, 1.807) is 42.5 Å². The first kappa shape index (κ1) is 22.4. The topological polar surface area (TPSA) is 59.9 Å². The molecule has 3 aromatic carbocycles. The number of halogens is 1. The van der Waals surface area contributed by atoms with Gasteiger partial charge >= 0.3 is 0 Å². The van der Waals surface area contributed by atoms with Crippen LogP contribution in [0.15, 0.2) is 71.8 Å². The Kier molecular flexibility index (Phi) is 8.07. The lowest BCUT2D eigenvalue weighted by molar-refractivity contribution is 0.0955. The van der Waals surface area contributed by atoms with Gasteiger partial charge in [-0.25, -0.2) is 5.43 Å². The van der Waals surface area contributed by atoms with Gasteiger partial charge in [-0.15, -0.1) is 0 Å². The molecule has 0 saturated carbocycles. The molecule has 0 radical (unpaired) electrons. The van der Waals surface area contributed by atoms with Crippen molar-refractivity contribution in [3.05, 3.63) is 94.0 Å². The number of carbonyl (C=O) groups excluding carboxylic acids is 1. The number of amides is 1. The lowest BCUT2D eigenvalue weighted by Gasteiger charge is -2.11. The van der Waals surface area contributed by atoms with Crippen molar-refractivity contribution < 1.29 is 14.3 Å². The Bertz CT molecular complexity index is 1050. The Hall–Kier alpha value is -3.31. The summed E-state index contributed by atoms with van der Waals surface area (Å²) in [6, 6.07) is 20.2. The van der Waals surface area contributed by atoms with Crippen molar-refractivity contribution in [3.8, 4) is 11.5 Å². The zero-order valence-corrected chi connectivity index (χ0v) is 18.4. The standard InChI is InChI=1S/C25H25ClN2O3/c1-18-9-11-23(15-19(18)2)30-13-6-14-31-24-12-10-22(26)16-21(24)17-27-28-25(29)20-7-4-3-5-8-20/h3-5,7-12,15-17H,6,13-14H2,1-2H3,(H,28,29)/b27-17+. The molecule has 160 valence electrons. The number of ether oxygens (including phenoxy) is 2. The van der Waals surface area contributed by atoms with Crippen LogP contribution in [0.5, 0.6) is 11.5 Å². The largest absolute Gasteiger partial charge is 0.493 e. The molecule has 0 fully saturated rings. The summed E-state index contributed by atoms with van der Waals surface area (Å²) in [6.45, 7) is 5.17. The fourth-order valence-electron chi connectivity index (χ4n) is 2.80. The van der Waals surface area contributed by atoms with E-state index in [2.05, 4.69) is 30.4 Å². The van der Waals surface area contributed by atoms with Gasteiger partial charge in [-0.05, 0) is 67.4 Å². The fraction of sp³-hybridized carbons (Fsp3) is 0.200. The highest BCUT2D eigenvalue weighted by molar-refractivity contribution is 6.30. The Morgan fingerprint density at radius 3 is 2.52 bits per heavy atom. The first-order valence-electron chi connectivity index (χ1n) is 10.0. The number of nitrogens with zero attached hydrogens (tertiary/aromatic N) is 1. The third-order valence-electron chi connectivity index (χ3n) is 4.67. The van der Waals surface area contributed by atoms with E-state index in [1.165, 1.54) is 17.3 Å². The van der Waals surface area contributed by atoms with Crippen LogP contribution in [0.3, 0.4) is 0 Å². The van der Waals surface area contributed by atoms with Crippen LogP contribution in [0.25, 0.3) is 0 Å². The molecule has 0 heterocycles. The van der Waals surface area contributed by atoms with Gasteiger partial charge in [0.25, 0.3) is 5.91 Å². The van der Waals surface area contributed by atoms with Gasteiger partial charge < -0.3 is 9.47 Å². The van der Waals surface area contributed by atoms with E-state index < -0.39 is 0 Å². The Balaban J connectivity index is 1.51. The van der Waals surface area contributed by atoms with Gasteiger partial charge in [-0.1, -0.05) is 35.9 Å². The smallest absolute Gasteiger partial charge is 0.271 e. The number of rotatable bonds is 9. The molecule has 1 N–H and O–H groups in total. The predicted octanol–water partition coefficient (Wildman–Crippen LogP) is 5.57. The molecule has 0 unspecified atom stereocenters. The van der Waals surface area contributed by atoms with Gasteiger partial charge in [0.05, 0.1) is 19.4 Å². The second-order valence-corrected chi connectivity index (χ2v) is 7.48. The van der Waals surface area contributed by atoms with Gasteiger partial charge in [0.1, 0.15) is 11.5 Å². The molecular weight excluding hydrogens is 412 g/mol. The lowest BCUT2D eigenvalue weighted by atomic mass is 10.1. The van der Waals surface area contributed by atoms with E-state index in [9.17, 15) is 4.79 Å². The first-order chi connectivity index (χ1) is 15.0. The van der Waals surface area contributed by atoms with E-state index in [4.69, 9.17) is 21.1 Å². The molecule has 0 bridgehead atoms. The molecule has 3 rings (SSSR count). The second-order valence-electron chi connectivity index (χ2n) is 7.04. The van der Waals surface area contributed by atoms with Crippen LogP contribution in [0.4, 0.5) is 0 Å². The third kappa shape index (κ3) is 6.86. The number of hydrazone groups is 1. The van der Waals surface area contributed by atoms with Crippen molar-refractivity contribution >= 4 is 23.7 Å². The Labute approximate surface area is 187 Å². The molecule has 3 aromatic rings. The van der Waals surface area contributed by atoms with Crippen LogP contribution in [-0.2, 0) is 0 Å². The van der Waals surface area contributed by atoms with E-state index >= 15 is 0 Å². The number of hydrogen-bond acceptors (Lipinski definition) is 4. The average Bonchev–Trinajstić information content (AvgIpc) is 2.77. The van der Waals surface area contributed by atoms with Crippen LogP contribution in [0.2, 0.25) is 5.02 Å². The van der Waals surface area contributed by atoms with Crippen molar-refractivity contribution in [3.63, 3.8) is 0 Å². The minimum Gasteiger partial charge on any atom is -0.493 e. The summed E-state index contributed by atoms with van der Waals surface area (Å²) in [5.41, 5.74) is 6.17. The Morgan fingerprint density at radius 1 is 0.968 bits per heavy atom. The summed E-state index contributed by atoms with van der Waals surface area (Å²) < 4.78 is 11.7. The van der Waals surface area contributed by atoms with Crippen LogP contribution in [0.1, 0.15) is 33.5 Å². The number of nitrogens with one attached hydrogen (secondary N) is 1. The molecule has 0 saturated heterocycles. The van der Waals surface area contributed by atoms with Crippen molar-refractivity contribution in [2.45, 2.75) is 20.3 Å². The lowest BCUT2D eigenvalue weighted by Crippen LogP contribution is -2.17. The maximum absolute atomic E-state index is 12.1. The maximum atomic E-state index is 12.1. The highest BCUT2D eigenvalue weighted by atomic mass is 35.5. The number of aryl methyl sites for hydroxylation is 2. The highest BCUT2D eigenvalue weighted by Crippen LogP contribution is 2.22. The fourth-order valence-corrected chi connectivity index (χ4v) is 2.98. The number of carbonyl (C=O) groups is 1. The third-order valence-corrected chi connectivity index (χ3v) is 4.91. The minimum atomic E-state index is -0.287. The zero-order chi connectivity index (χ0) is 22.1. The highest BCUT2D eigenvalue weighted by Gasteiger charge is 2.05. The van der Waals surface area contributed by atoms with Crippen molar-refractivity contribution in [1.29, 1.82) is 0 Å². The minimum absolute atomic E-state index is 0.287. The van der Waals surface area contributed by atoms with Crippen molar-refractivity contribution in [2.24, 2.45) is 5.10 Å². The summed E-state index contributed by atoms with van der Waals surface area (Å²) in [4.78, 5) is 12.1. The van der Waals surface area contributed by atoms with Crippen LogP contribution in [-0.4, -0.2) is 25.3 Å². The second kappa shape index (κ2) is 11.2. The first-order valence-corrected chi connectivity index (χ1v) is 10.4. The summed E-state index contributed by atoms with van der Waals surface area (Å²) in [6.07, 6.45) is 2.24. The molecular formula is C25H25ClN2O3. The molecule has 6 heteroatoms. The van der Waals surface area contributed by atoms with Crippen molar-refractivity contribution in [2.75, 3.05) is 13.2 Å². The molecule has 0 aliphatic heterocycles. The molecule has 5 nitrogen and oxygen atoms in total. The van der Waals surface area contributed by atoms with Crippen LogP contribution in [0, 0.1) is 13.8 Å². The maximum Gasteiger partial charge on any atom is 0.271 e. The quantitative estimate of drug-likeness (QED) is 0.271. The molecule has 0 atom stereocenters. The number of hydrogen-bond donors (Lipinski definition) is 1. The van der Waals surface area contributed by atoms with E-state index in [1.807, 2.05) is 18.2 Å². The molecule has 0 aliphatic carbocycles. The van der Waals surface area contributed by atoms with Crippen molar-refractivity contribution in [1.82, 2.24) is 5.43 Å². The van der Waals surface area contributed by atoms with Gasteiger partial charge in [0.15, 0.2) is 0 Å². The average molecular weight is 437 g/mol. The Morgan fingerprint density at radius 2 is 1.74 bits per heavy atom. The molecule has 0 aromatic heterocycles. The molecule has 0 spiro atoms. The van der Waals surface area contributed by atoms with E-state index in [0.29, 0.717) is 35.1 Å². The molecule has 0 aliphatic rings. The van der Waals surface area contributed by atoms with Gasteiger partial charge in [-0.3, -0.25) is 4.79 Å². The monoisotopic (exact) mass is 436 g/mol. The van der Waals surface area contributed by atoms with Gasteiger partial charge in [0.2, 0.25) is 0 Å². The molecule has 31 heavy (non-hydrogen) atoms. The zero-order valence-electron chi connectivity index (χ0n) is 17.6. The normalized spacial score (nSPS) is 10.8. The van der Waals surface area contributed by atoms with Crippen LogP contribution < -0.4 is 14.9 Å². The summed E-state index contributed by atoms with van der Waals surface area (Å²) in [5.74, 6) is 1.20. The summed E-state index contributed by atoms with van der Waals surface area (Å²) in [7, 11) is 0. The SMILES string of the molecule is Cc1ccc(OCCCOc2ccc(Cl)cc2/C=N/NC(=O)c2ccccc2)cc1C. The van der Waals surface area contributed by atoms with Crippen LogP contribution >= 0.6 is 11.6 Å². The van der Waals surface area contributed by atoms with Gasteiger partial charge in [0, 0.05) is 22.6 Å².